The number of carbonyl (C=O) groups excluding carboxylic acids is 1. The number of rotatable bonds is 8. The van der Waals surface area contributed by atoms with Crippen LogP contribution in [0.4, 0.5) is 4.79 Å². The van der Waals surface area contributed by atoms with Crippen LogP contribution in [0.3, 0.4) is 0 Å². The smallest absolute Gasteiger partial charge is 0.408 e. The summed E-state index contributed by atoms with van der Waals surface area (Å²) in [5, 5.41) is 11.7. The Bertz CT molecular complexity index is 927. The van der Waals surface area contributed by atoms with Crippen molar-refractivity contribution in [1.82, 2.24) is 5.32 Å². The molecule has 0 saturated heterocycles. The van der Waals surface area contributed by atoms with Gasteiger partial charge in [-0.25, -0.2) is 9.59 Å². The SMILES string of the molecule is [2H]C=CCO[C@H](C)[C@H](NC(=O)OCc1cccc2c1Cc1ccccc1-2)C(=O)O. The minimum Gasteiger partial charge on any atom is -0.480 e. The van der Waals surface area contributed by atoms with Crippen LogP contribution in [-0.2, 0) is 27.3 Å². The standard InChI is InChI=1S/C22H23NO5/c1-3-11-27-14(2)20(21(24)25)23-22(26)28-13-16-8-6-10-18-17-9-5-4-7-15(17)12-19(16)18/h3-10,14,20H,1,11-13H2,2H3,(H,23,26)(H,24,25)/t14-,20+/m1/s1/i1D. The number of alkyl carbamates (subject to hydrolysis) is 1. The minimum atomic E-state index is -1.26. The molecule has 6 nitrogen and oxygen atoms in total. The second kappa shape index (κ2) is 8.71. The third-order valence-electron chi connectivity index (χ3n) is 4.77. The molecule has 2 atom stereocenters. The molecule has 0 saturated carbocycles. The summed E-state index contributed by atoms with van der Waals surface area (Å²) in [5.41, 5.74) is 5.57. The molecule has 1 amide bonds. The number of carboxylic acid groups (broad SMARTS) is 1. The van der Waals surface area contributed by atoms with Gasteiger partial charge in [0.1, 0.15) is 6.61 Å². The summed E-state index contributed by atoms with van der Waals surface area (Å²) >= 11 is 0. The van der Waals surface area contributed by atoms with Crippen LogP contribution in [0.1, 0.15) is 25.0 Å². The van der Waals surface area contributed by atoms with Crippen molar-refractivity contribution in [2.45, 2.75) is 32.1 Å². The number of amides is 1. The normalized spacial score (nSPS) is 14.7. The van der Waals surface area contributed by atoms with Gasteiger partial charge in [0, 0.05) is 0 Å². The Labute approximate surface area is 165 Å². The number of carbonyl (C=O) groups is 2. The Hall–Kier alpha value is -3.12. The van der Waals surface area contributed by atoms with E-state index in [0.29, 0.717) is 0 Å². The molecule has 28 heavy (non-hydrogen) atoms. The molecular formula is C22H23NO5. The Balaban J connectivity index is 1.62. The zero-order valence-corrected chi connectivity index (χ0v) is 15.6. The maximum atomic E-state index is 12.2. The summed E-state index contributed by atoms with van der Waals surface area (Å²) < 4.78 is 17.5. The van der Waals surface area contributed by atoms with E-state index in [2.05, 4.69) is 23.5 Å². The van der Waals surface area contributed by atoms with Crippen LogP contribution < -0.4 is 5.32 Å². The van der Waals surface area contributed by atoms with Crippen molar-refractivity contribution >= 4 is 12.1 Å². The summed E-state index contributed by atoms with van der Waals surface area (Å²) in [5.74, 6) is -1.22. The highest BCUT2D eigenvalue weighted by atomic mass is 16.5. The Morgan fingerprint density at radius 2 is 2.07 bits per heavy atom. The van der Waals surface area contributed by atoms with Crippen molar-refractivity contribution in [1.29, 1.82) is 0 Å². The van der Waals surface area contributed by atoms with Crippen molar-refractivity contribution in [3.63, 3.8) is 0 Å². The molecule has 0 radical (unpaired) electrons. The Morgan fingerprint density at radius 3 is 2.86 bits per heavy atom. The number of carboxylic acids is 1. The quantitative estimate of drug-likeness (QED) is 0.582. The molecule has 1 aliphatic carbocycles. The van der Waals surface area contributed by atoms with Gasteiger partial charge in [0.15, 0.2) is 6.04 Å². The predicted octanol–water partition coefficient (Wildman–Crippen LogP) is 3.53. The lowest BCUT2D eigenvalue weighted by molar-refractivity contribution is -0.143. The molecule has 0 heterocycles. The van der Waals surface area contributed by atoms with Crippen LogP contribution in [0.2, 0.25) is 0 Å². The number of fused-ring (bicyclic) bond motifs is 3. The average molecular weight is 382 g/mol. The minimum absolute atomic E-state index is 0.0478. The first-order valence-electron chi connectivity index (χ1n) is 9.59. The van der Waals surface area contributed by atoms with Crippen molar-refractivity contribution in [2.75, 3.05) is 6.61 Å². The fourth-order valence-corrected chi connectivity index (χ4v) is 3.35. The van der Waals surface area contributed by atoms with Crippen LogP contribution in [0, 0.1) is 0 Å². The van der Waals surface area contributed by atoms with Gasteiger partial charge in [0.05, 0.1) is 14.1 Å². The van der Waals surface area contributed by atoms with E-state index in [-0.39, 0.29) is 13.2 Å². The zero-order chi connectivity index (χ0) is 20.8. The highest BCUT2D eigenvalue weighted by Gasteiger charge is 2.28. The molecule has 2 N–H and O–H groups in total. The van der Waals surface area contributed by atoms with Gasteiger partial charge in [-0.3, -0.25) is 0 Å². The third kappa shape index (κ3) is 4.23. The molecule has 0 aromatic heterocycles. The summed E-state index contributed by atoms with van der Waals surface area (Å²) in [6.07, 6.45) is 0.601. The van der Waals surface area contributed by atoms with Crippen LogP contribution >= 0.6 is 0 Å². The fourth-order valence-electron chi connectivity index (χ4n) is 3.35. The number of hydrogen-bond acceptors (Lipinski definition) is 4. The monoisotopic (exact) mass is 382 g/mol. The first kappa shape index (κ1) is 18.3. The van der Waals surface area contributed by atoms with Crippen LogP contribution in [0.5, 0.6) is 0 Å². The van der Waals surface area contributed by atoms with Crippen LogP contribution in [0.25, 0.3) is 11.1 Å². The van der Waals surface area contributed by atoms with E-state index in [1.165, 1.54) is 24.1 Å². The van der Waals surface area contributed by atoms with E-state index in [9.17, 15) is 14.7 Å². The molecule has 146 valence electrons. The summed E-state index contributed by atoms with van der Waals surface area (Å²) in [6.45, 7) is 2.73. The van der Waals surface area contributed by atoms with Crippen molar-refractivity contribution in [3.05, 3.63) is 71.8 Å². The molecule has 0 fully saturated rings. The zero-order valence-electron chi connectivity index (χ0n) is 16.6. The van der Waals surface area contributed by atoms with Gasteiger partial charge < -0.3 is 19.9 Å². The first-order valence-corrected chi connectivity index (χ1v) is 9.01. The molecule has 0 spiro atoms. The highest BCUT2D eigenvalue weighted by Crippen LogP contribution is 2.38. The largest absolute Gasteiger partial charge is 0.480 e. The number of hydrogen-bond donors (Lipinski definition) is 2. The third-order valence-corrected chi connectivity index (χ3v) is 4.77. The second-order valence-electron chi connectivity index (χ2n) is 6.59. The topological polar surface area (TPSA) is 84.9 Å². The van der Waals surface area contributed by atoms with Crippen molar-refractivity contribution < 1.29 is 25.5 Å². The van der Waals surface area contributed by atoms with Gasteiger partial charge in [-0.1, -0.05) is 48.5 Å². The second-order valence-corrected chi connectivity index (χ2v) is 6.59. The molecule has 2 aromatic rings. The maximum absolute atomic E-state index is 12.2. The van der Waals surface area contributed by atoms with Gasteiger partial charge in [0.2, 0.25) is 0 Å². The van der Waals surface area contributed by atoms with Crippen LogP contribution in [-0.4, -0.2) is 35.9 Å². The summed E-state index contributed by atoms with van der Waals surface area (Å²) in [6, 6.07) is 12.8. The van der Waals surface area contributed by atoms with E-state index in [4.69, 9.17) is 10.8 Å². The van der Waals surface area contributed by atoms with Gasteiger partial charge >= 0.3 is 12.1 Å². The maximum Gasteiger partial charge on any atom is 0.408 e. The summed E-state index contributed by atoms with van der Waals surface area (Å²) in [4.78, 5) is 23.6. The fraction of sp³-hybridized carbons (Fsp3) is 0.273. The lowest BCUT2D eigenvalue weighted by Gasteiger charge is -2.21. The van der Waals surface area contributed by atoms with Gasteiger partial charge in [-0.05, 0) is 41.2 Å². The molecular weight excluding hydrogens is 358 g/mol. The highest BCUT2D eigenvalue weighted by molar-refractivity contribution is 5.81. The van der Waals surface area contributed by atoms with Crippen molar-refractivity contribution in [2.24, 2.45) is 0 Å². The lowest BCUT2D eigenvalue weighted by atomic mass is 10.0. The van der Waals surface area contributed by atoms with E-state index in [0.717, 1.165) is 29.7 Å². The van der Waals surface area contributed by atoms with E-state index >= 15 is 0 Å². The van der Waals surface area contributed by atoms with Crippen LogP contribution in [0.15, 0.2) is 55.1 Å². The Morgan fingerprint density at radius 1 is 1.29 bits per heavy atom. The Kier molecular flexibility index (Phi) is 5.68. The van der Waals surface area contributed by atoms with Gasteiger partial charge in [-0.2, -0.15) is 0 Å². The first-order chi connectivity index (χ1) is 14.0. The van der Waals surface area contributed by atoms with Gasteiger partial charge in [0.25, 0.3) is 0 Å². The molecule has 1 aliphatic rings. The molecule has 3 rings (SSSR count). The molecule has 6 heteroatoms. The lowest BCUT2D eigenvalue weighted by Crippen LogP contribution is -2.48. The molecule has 0 bridgehead atoms. The summed E-state index contributed by atoms with van der Waals surface area (Å²) in [7, 11) is 0. The van der Waals surface area contributed by atoms with E-state index in [1.807, 2.05) is 24.3 Å². The van der Waals surface area contributed by atoms with E-state index in [1.54, 1.807) is 0 Å². The number of aliphatic carboxylic acids is 1. The predicted molar refractivity (Wildman–Crippen MR) is 105 cm³/mol. The average Bonchev–Trinajstić information content (AvgIpc) is 3.09. The number of ether oxygens (including phenoxy) is 2. The number of benzene rings is 2. The molecule has 0 unspecified atom stereocenters. The van der Waals surface area contributed by atoms with E-state index < -0.39 is 24.2 Å². The van der Waals surface area contributed by atoms with Crippen molar-refractivity contribution in [3.8, 4) is 11.1 Å². The molecule has 0 aliphatic heterocycles. The molecule has 2 aromatic carbocycles. The van der Waals surface area contributed by atoms with Gasteiger partial charge in [-0.15, -0.1) is 6.55 Å². The number of nitrogens with one attached hydrogen (secondary N) is 1.